The highest BCUT2D eigenvalue weighted by molar-refractivity contribution is 7.67. The van der Waals surface area contributed by atoms with Gasteiger partial charge in [-0.2, -0.15) is 0 Å². The minimum absolute atomic E-state index is 0.00465. The van der Waals surface area contributed by atoms with Crippen LogP contribution in [0.3, 0.4) is 0 Å². The van der Waals surface area contributed by atoms with Gasteiger partial charge in [-0.05, 0) is 54.4 Å². The highest BCUT2D eigenvalue weighted by Crippen LogP contribution is 2.58. The molecule has 1 nitrogen and oxygen atoms in total. The fourth-order valence-corrected chi connectivity index (χ4v) is 10.3. The Bertz CT molecular complexity index is 841. The molecule has 2 saturated carbocycles. The fraction of sp³-hybridized carbons (Fsp3) is 0.556. The van der Waals surface area contributed by atoms with Gasteiger partial charge in [-0.15, -0.1) is 0 Å². The lowest BCUT2D eigenvalue weighted by molar-refractivity contribution is 0.419. The molecule has 0 atom stereocenters. The summed E-state index contributed by atoms with van der Waals surface area (Å²) in [6.07, 6.45) is 14.4. The molecular formula is C27H35OP. The lowest BCUT2D eigenvalue weighted by Gasteiger charge is -2.43. The summed E-state index contributed by atoms with van der Waals surface area (Å²) >= 11 is 0. The highest BCUT2D eigenvalue weighted by Gasteiger charge is 2.41. The number of ether oxygens (including phenoxy) is 1. The first kappa shape index (κ1) is 19.6. The van der Waals surface area contributed by atoms with Crippen LogP contribution in [0.4, 0.5) is 0 Å². The third kappa shape index (κ3) is 3.54. The monoisotopic (exact) mass is 406 g/mol. The van der Waals surface area contributed by atoms with Crippen molar-refractivity contribution in [1.29, 1.82) is 0 Å². The van der Waals surface area contributed by atoms with Crippen molar-refractivity contribution >= 4 is 13.2 Å². The molecule has 0 radical (unpaired) electrons. The van der Waals surface area contributed by atoms with Gasteiger partial charge in [-0.1, -0.05) is 90.6 Å². The predicted molar refractivity (Wildman–Crippen MR) is 125 cm³/mol. The largest absolute Gasteiger partial charge is 0.457 e. The van der Waals surface area contributed by atoms with E-state index in [4.69, 9.17) is 4.74 Å². The van der Waals surface area contributed by atoms with Crippen LogP contribution in [0.15, 0.2) is 42.5 Å². The first-order valence-corrected chi connectivity index (χ1v) is 13.3. The molecule has 0 saturated heterocycles. The number of fused-ring (bicyclic) bond motifs is 2. The molecule has 29 heavy (non-hydrogen) atoms. The van der Waals surface area contributed by atoms with E-state index in [1.54, 1.807) is 5.30 Å². The molecule has 1 heterocycles. The van der Waals surface area contributed by atoms with E-state index in [1.807, 2.05) is 0 Å². The van der Waals surface area contributed by atoms with Crippen LogP contribution in [0.2, 0.25) is 0 Å². The molecule has 154 valence electrons. The average Bonchev–Trinajstić information content (AvgIpc) is 2.75. The second kappa shape index (κ2) is 8.07. The second-order valence-corrected chi connectivity index (χ2v) is 12.6. The Morgan fingerprint density at radius 1 is 0.724 bits per heavy atom. The Kier molecular flexibility index (Phi) is 5.46. The molecule has 2 heteroatoms. The van der Waals surface area contributed by atoms with Gasteiger partial charge in [0.25, 0.3) is 0 Å². The van der Waals surface area contributed by atoms with Gasteiger partial charge in [0.2, 0.25) is 0 Å². The smallest absolute Gasteiger partial charge is 0.132 e. The lowest BCUT2D eigenvalue weighted by Crippen LogP contribution is -2.34. The van der Waals surface area contributed by atoms with Gasteiger partial charge in [0.1, 0.15) is 11.5 Å². The molecule has 0 amide bonds. The third-order valence-electron chi connectivity index (χ3n) is 7.62. The van der Waals surface area contributed by atoms with E-state index in [-0.39, 0.29) is 13.3 Å². The van der Waals surface area contributed by atoms with E-state index in [0.717, 1.165) is 22.8 Å². The zero-order valence-corrected chi connectivity index (χ0v) is 19.0. The van der Waals surface area contributed by atoms with E-state index in [2.05, 4.69) is 56.3 Å². The van der Waals surface area contributed by atoms with Crippen molar-refractivity contribution in [3.8, 4) is 11.5 Å². The standard InChI is InChI=1S/C27H35OP/c1-27(2)22-16-9-10-17-23(22)28-24-18-11-19-25(26(24)27)29(20-12-5-3-6-13-20)21-14-7-4-8-15-21/h9-11,16-21H,3-8,12-15H2,1-2H3. The van der Waals surface area contributed by atoms with Crippen molar-refractivity contribution in [3.05, 3.63) is 53.6 Å². The summed E-state index contributed by atoms with van der Waals surface area (Å²) < 4.78 is 6.49. The Labute approximate surface area is 178 Å². The number of rotatable bonds is 3. The van der Waals surface area contributed by atoms with Gasteiger partial charge < -0.3 is 4.74 Å². The fourth-order valence-electron chi connectivity index (χ4n) is 6.18. The van der Waals surface area contributed by atoms with Gasteiger partial charge in [-0.25, -0.2) is 0 Å². The number of benzene rings is 2. The van der Waals surface area contributed by atoms with Crippen LogP contribution < -0.4 is 10.0 Å². The minimum atomic E-state index is -0.134. The van der Waals surface area contributed by atoms with Gasteiger partial charge in [0.05, 0.1) is 0 Å². The zero-order chi connectivity index (χ0) is 19.8. The molecule has 0 aromatic heterocycles. The molecule has 1 aliphatic heterocycles. The average molecular weight is 407 g/mol. The minimum Gasteiger partial charge on any atom is -0.457 e. The Hall–Kier alpha value is -1.33. The van der Waals surface area contributed by atoms with Crippen molar-refractivity contribution < 1.29 is 4.74 Å². The molecule has 0 unspecified atom stereocenters. The van der Waals surface area contributed by atoms with Crippen molar-refractivity contribution in [2.75, 3.05) is 0 Å². The zero-order valence-electron chi connectivity index (χ0n) is 18.1. The first-order chi connectivity index (χ1) is 14.2. The molecule has 2 aromatic carbocycles. The Balaban J connectivity index is 1.63. The quantitative estimate of drug-likeness (QED) is 0.471. The van der Waals surface area contributed by atoms with Crippen LogP contribution in [0.25, 0.3) is 0 Å². The maximum atomic E-state index is 6.49. The molecule has 2 fully saturated rings. The van der Waals surface area contributed by atoms with Gasteiger partial charge in [0, 0.05) is 16.5 Å². The maximum absolute atomic E-state index is 6.49. The van der Waals surface area contributed by atoms with Crippen LogP contribution in [-0.2, 0) is 5.41 Å². The SMILES string of the molecule is CC1(C)c2ccccc2Oc2cccc(P(C3CCCCC3)C3CCCCC3)c21. The number of hydrogen-bond donors (Lipinski definition) is 0. The van der Waals surface area contributed by atoms with Crippen LogP contribution in [0.5, 0.6) is 11.5 Å². The van der Waals surface area contributed by atoms with Gasteiger partial charge in [0.15, 0.2) is 0 Å². The summed E-state index contributed by atoms with van der Waals surface area (Å²) in [5.74, 6) is 2.16. The highest BCUT2D eigenvalue weighted by atomic mass is 31.1. The summed E-state index contributed by atoms with van der Waals surface area (Å²) in [6.45, 7) is 4.85. The topological polar surface area (TPSA) is 9.23 Å². The van der Waals surface area contributed by atoms with Gasteiger partial charge in [-0.3, -0.25) is 0 Å². The van der Waals surface area contributed by atoms with Crippen LogP contribution in [0.1, 0.15) is 89.2 Å². The normalized spacial score (nSPS) is 22.0. The molecule has 3 aliphatic rings. The van der Waals surface area contributed by atoms with E-state index in [1.165, 1.54) is 75.3 Å². The van der Waals surface area contributed by atoms with Crippen LogP contribution >= 0.6 is 7.92 Å². The summed E-state index contributed by atoms with van der Waals surface area (Å²) in [7, 11) is -0.134. The van der Waals surface area contributed by atoms with Crippen molar-refractivity contribution in [1.82, 2.24) is 0 Å². The summed E-state index contributed by atoms with van der Waals surface area (Å²) in [5, 5.41) is 1.68. The molecule has 5 rings (SSSR count). The molecule has 0 bridgehead atoms. The summed E-state index contributed by atoms with van der Waals surface area (Å²) in [4.78, 5) is 0. The van der Waals surface area contributed by atoms with E-state index < -0.39 is 0 Å². The Morgan fingerprint density at radius 2 is 1.31 bits per heavy atom. The van der Waals surface area contributed by atoms with Gasteiger partial charge >= 0.3 is 0 Å². The van der Waals surface area contributed by atoms with E-state index >= 15 is 0 Å². The van der Waals surface area contributed by atoms with Crippen molar-refractivity contribution in [3.63, 3.8) is 0 Å². The second-order valence-electron chi connectivity index (χ2n) is 9.86. The molecule has 0 N–H and O–H groups in total. The first-order valence-electron chi connectivity index (χ1n) is 11.9. The molecule has 2 aliphatic carbocycles. The van der Waals surface area contributed by atoms with E-state index in [0.29, 0.717) is 0 Å². The molecule has 0 spiro atoms. The molecule has 2 aromatic rings. The van der Waals surface area contributed by atoms with Crippen LogP contribution in [-0.4, -0.2) is 11.3 Å². The van der Waals surface area contributed by atoms with E-state index in [9.17, 15) is 0 Å². The van der Waals surface area contributed by atoms with Crippen molar-refractivity contribution in [2.24, 2.45) is 0 Å². The predicted octanol–water partition coefficient (Wildman–Crippen LogP) is 7.89. The maximum Gasteiger partial charge on any atom is 0.132 e. The Morgan fingerprint density at radius 3 is 1.97 bits per heavy atom. The summed E-state index contributed by atoms with van der Waals surface area (Å²) in [5.41, 5.74) is 4.69. The lowest BCUT2D eigenvalue weighted by atomic mass is 9.76. The number of hydrogen-bond acceptors (Lipinski definition) is 1. The van der Waals surface area contributed by atoms with Crippen LogP contribution in [0, 0.1) is 0 Å². The number of para-hydroxylation sites is 1. The molecular weight excluding hydrogens is 371 g/mol. The third-order valence-corrected chi connectivity index (χ3v) is 11.2. The summed E-state index contributed by atoms with van der Waals surface area (Å²) in [6, 6.07) is 15.7. The van der Waals surface area contributed by atoms with Crippen molar-refractivity contribution in [2.45, 2.75) is 94.8 Å².